The second-order valence-electron chi connectivity index (χ2n) is 14.8. The summed E-state index contributed by atoms with van der Waals surface area (Å²) in [5.74, 6) is -1.40. The van der Waals surface area contributed by atoms with E-state index in [1.165, 1.54) is 0 Å². The van der Waals surface area contributed by atoms with E-state index >= 15 is 0 Å². The number of aromatic amines is 2. The molecule has 0 unspecified atom stereocenters. The van der Waals surface area contributed by atoms with E-state index in [1.54, 1.807) is 37.6 Å². The van der Waals surface area contributed by atoms with E-state index in [2.05, 4.69) is 54.4 Å². The lowest BCUT2D eigenvalue weighted by Crippen LogP contribution is -2.40. The van der Waals surface area contributed by atoms with Crippen molar-refractivity contribution in [3.05, 3.63) is 90.2 Å². The van der Waals surface area contributed by atoms with Gasteiger partial charge in [0.05, 0.1) is 23.5 Å². The Morgan fingerprint density at radius 2 is 1.28 bits per heavy atom. The third kappa shape index (κ3) is 9.43. The number of thioether (sulfide) groups is 2. The second-order valence-corrected chi connectivity index (χ2v) is 17.6. The van der Waals surface area contributed by atoms with Crippen molar-refractivity contribution in [1.29, 1.82) is 0 Å². The lowest BCUT2D eigenvalue weighted by atomic mass is 9.74. The Bertz CT molecular complexity index is 2170. The maximum Gasteiger partial charge on any atom is 0.303 e. The first-order valence-corrected chi connectivity index (χ1v) is 21.3. The van der Waals surface area contributed by atoms with Crippen molar-refractivity contribution in [3.8, 4) is 0 Å². The summed E-state index contributed by atoms with van der Waals surface area (Å²) in [4.78, 5) is 60.8. The molecule has 3 aliphatic rings. The zero-order valence-electron chi connectivity index (χ0n) is 33.9. The first-order chi connectivity index (χ1) is 27.0. The van der Waals surface area contributed by atoms with Crippen LogP contribution in [0, 0.1) is 13.8 Å². The summed E-state index contributed by atoms with van der Waals surface area (Å²) in [7, 11) is 3.15. The maximum atomic E-state index is 12.3. The first-order valence-electron chi connectivity index (χ1n) is 19.2. The zero-order chi connectivity index (χ0) is 41.9. The number of likely N-dealkylation sites (N-methyl/N-ethyl adjacent to an activating group) is 2. The molecule has 4 atom stereocenters. The SMILES string of the molecule is CNC(=O)[C@@H](N)CS[C@H](C)c1c2[nH]c(c1C)Cc1[nH]c(c(C)c1[C@@H](C)SC[C@H](N)C(=O)NC)C=C1C(C)=C(CCC(=O)O)/C1=C/C1=NC(=C2)C(C)=C1CCC(=O)O. The summed E-state index contributed by atoms with van der Waals surface area (Å²) < 4.78 is 0. The molecule has 2 amide bonds. The Kier molecular flexibility index (Phi) is 14.0. The highest BCUT2D eigenvalue weighted by molar-refractivity contribution is 7.99. The Morgan fingerprint density at radius 1 is 0.737 bits per heavy atom. The van der Waals surface area contributed by atoms with Crippen LogP contribution < -0.4 is 22.1 Å². The Hall–Kier alpha value is -4.57. The summed E-state index contributed by atoms with van der Waals surface area (Å²) >= 11 is 3.21. The van der Waals surface area contributed by atoms with Crippen LogP contribution in [0.5, 0.6) is 0 Å². The van der Waals surface area contributed by atoms with Crippen LogP contribution in [0.1, 0.15) is 109 Å². The molecule has 13 nitrogen and oxygen atoms in total. The molecule has 0 saturated heterocycles. The number of aliphatic carboxylic acids is 2. The third-order valence-corrected chi connectivity index (χ3v) is 13.7. The fourth-order valence-electron chi connectivity index (χ4n) is 7.82. The molecule has 1 aliphatic carbocycles. The smallest absolute Gasteiger partial charge is 0.303 e. The normalized spacial score (nSPS) is 18.1. The predicted molar refractivity (Wildman–Crippen MR) is 230 cm³/mol. The average Bonchev–Trinajstić information content (AvgIpc) is 3.76. The molecule has 0 saturated carbocycles. The molecule has 5 rings (SSSR count). The lowest BCUT2D eigenvalue weighted by molar-refractivity contribution is -0.137. The average molecular weight is 818 g/mol. The highest BCUT2D eigenvalue weighted by Gasteiger charge is 2.32. The lowest BCUT2D eigenvalue weighted by Gasteiger charge is -2.29. The van der Waals surface area contributed by atoms with Gasteiger partial charge < -0.3 is 42.3 Å². The first kappa shape index (κ1) is 43.6. The fraction of sp³-hybridized carbons (Fsp3) is 0.452. The van der Waals surface area contributed by atoms with Crippen molar-refractivity contribution in [3.63, 3.8) is 0 Å². The number of carboxylic acid groups (broad SMARTS) is 2. The molecular formula is C42H55N7O6S2. The van der Waals surface area contributed by atoms with Gasteiger partial charge >= 0.3 is 11.9 Å². The Balaban J connectivity index is 1.73. The van der Waals surface area contributed by atoms with Gasteiger partial charge in [0, 0.05) is 78.1 Å². The molecule has 306 valence electrons. The number of H-pyrrole nitrogens is 2. The molecule has 4 heterocycles. The van der Waals surface area contributed by atoms with E-state index in [1.807, 2.05) is 26.0 Å². The summed E-state index contributed by atoms with van der Waals surface area (Å²) in [6, 6.07) is -1.33. The predicted octanol–water partition coefficient (Wildman–Crippen LogP) is 5.78. The van der Waals surface area contributed by atoms with Crippen LogP contribution in [0.2, 0.25) is 0 Å². The van der Waals surface area contributed by atoms with Gasteiger partial charge in [-0.15, -0.1) is 0 Å². The minimum Gasteiger partial charge on any atom is -0.481 e. The minimum absolute atomic E-state index is 0.0250. The van der Waals surface area contributed by atoms with Crippen molar-refractivity contribution in [2.75, 3.05) is 25.6 Å². The number of nitrogens with one attached hydrogen (secondary N) is 4. The topological polar surface area (TPSA) is 229 Å². The number of hydrogen-bond donors (Lipinski definition) is 8. The summed E-state index contributed by atoms with van der Waals surface area (Å²) in [5, 5.41) is 24.5. The molecule has 15 heteroatoms. The number of rotatable bonds is 16. The number of fused-ring (bicyclic) bond motifs is 6. The van der Waals surface area contributed by atoms with Crippen LogP contribution in [0.25, 0.3) is 12.2 Å². The van der Waals surface area contributed by atoms with Crippen LogP contribution in [0.15, 0.2) is 50.2 Å². The van der Waals surface area contributed by atoms with E-state index in [-0.39, 0.29) is 41.6 Å². The van der Waals surface area contributed by atoms with E-state index < -0.39 is 24.0 Å². The van der Waals surface area contributed by atoms with Gasteiger partial charge in [-0.05, 0) is 128 Å². The van der Waals surface area contributed by atoms with Crippen molar-refractivity contribution < 1.29 is 29.4 Å². The van der Waals surface area contributed by atoms with Gasteiger partial charge in [0.15, 0.2) is 0 Å². The second kappa shape index (κ2) is 18.3. The molecule has 0 spiro atoms. The van der Waals surface area contributed by atoms with E-state index in [0.717, 1.165) is 78.5 Å². The summed E-state index contributed by atoms with van der Waals surface area (Å²) in [5.41, 5.74) is 27.4. The van der Waals surface area contributed by atoms with Crippen molar-refractivity contribution in [2.24, 2.45) is 16.5 Å². The third-order valence-electron chi connectivity index (χ3n) is 11.1. The van der Waals surface area contributed by atoms with Gasteiger partial charge in [-0.2, -0.15) is 23.5 Å². The highest BCUT2D eigenvalue weighted by atomic mass is 32.2. The van der Waals surface area contributed by atoms with Gasteiger partial charge in [0.1, 0.15) is 0 Å². The van der Waals surface area contributed by atoms with Gasteiger partial charge in [0.25, 0.3) is 0 Å². The maximum absolute atomic E-state index is 12.3. The van der Waals surface area contributed by atoms with Crippen LogP contribution in [0.3, 0.4) is 0 Å². The number of carboxylic acids is 2. The number of carbonyl (C=O) groups is 4. The Morgan fingerprint density at radius 3 is 1.84 bits per heavy atom. The molecule has 6 bridgehead atoms. The molecule has 2 aliphatic heterocycles. The molecule has 0 aromatic carbocycles. The molecular weight excluding hydrogens is 763 g/mol. The summed E-state index contributed by atoms with van der Waals surface area (Å²) in [6.45, 7) is 12.4. The summed E-state index contributed by atoms with van der Waals surface area (Å²) in [6.07, 6.45) is 7.20. The monoisotopic (exact) mass is 817 g/mol. The van der Waals surface area contributed by atoms with Crippen LogP contribution in [-0.4, -0.2) is 87.3 Å². The number of nitrogens with zero attached hydrogens (tertiary/aromatic N) is 1. The molecule has 2 aromatic heterocycles. The molecule has 0 radical (unpaired) electrons. The van der Waals surface area contributed by atoms with E-state index in [4.69, 9.17) is 16.5 Å². The number of aliphatic imine (C=N–C) groups is 1. The fourth-order valence-corrected chi connectivity index (χ4v) is 10.1. The quantitative estimate of drug-likeness (QED) is 0.102. The van der Waals surface area contributed by atoms with Crippen molar-refractivity contribution in [1.82, 2.24) is 20.6 Å². The minimum atomic E-state index is -0.909. The molecule has 0 fully saturated rings. The van der Waals surface area contributed by atoms with Gasteiger partial charge in [-0.25, -0.2) is 4.99 Å². The number of aromatic nitrogens is 2. The molecule has 10 N–H and O–H groups in total. The van der Waals surface area contributed by atoms with Crippen molar-refractivity contribution in [2.45, 2.75) is 96.2 Å². The van der Waals surface area contributed by atoms with Crippen LogP contribution >= 0.6 is 23.5 Å². The number of nitrogens with two attached hydrogens (primary N) is 2. The van der Waals surface area contributed by atoms with Gasteiger partial charge in [-0.1, -0.05) is 0 Å². The highest BCUT2D eigenvalue weighted by Crippen LogP contribution is 2.46. The van der Waals surface area contributed by atoms with Crippen LogP contribution in [0.4, 0.5) is 0 Å². The van der Waals surface area contributed by atoms with E-state index in [0.29, 0.717) is 35.8 Å². The zero-order valence-corrected chi connectivity index (χ0v) is 35.6. The van der Waals surface area contributed by atoms with Gasteiger partial charge in [0.2, 0.25) is 11.8 Å². The number of allylic oxidation sites excluding steroid dienone is 7. The molecule has 2 aromatic rings. The largest absolute Gasteiger partial charge is 0.481 e. The number of hydrogen-bond acceptors (Lipinski definition) is 9. The standard InChI is InChI=1S/C42H55N7O6S2/c1-19-25(9-11-37(50)51)28-14-34-26(10-12-38(52)53)20(2)32(47-34)15-35-40(24(6)57-18-30(44)42(55)46-8)22(4)33(49-35)16-36-39(21(3)31(48-36)13-27(19)28)23(5)56-17-29(43)41(54)45-7/h13-15,23-24,29-30,48-49H,9-12,16-18,43-44H2,1-8H3,(H,45,54)(H,46,55)(H,50,51)(H,52,53)/b27-13?,28-14-,32-15?/t23-,24-,29+,30+/m1/s1. The number of carbonyl (C=O) groups excluding carboxylic acids is 2. The number of amides is 2. The molecule has 57 heavy (non-hydrogen) atoms. The van der Waals surface area contributed by atoms with Crippen LogP contribution in [-0.2, 0) is 25.6 Å². The van der Waals surface area contributed by atoms with Crippen molar-refractivity contribution >= 4 is 65.1 Å². The van der Waals surface area contributed by atoms with E-state index in [9.17, 15) is 29.4 Å². The van der Waals surface area contributed by atoms with Gasteiger partial charge in [-0.3, -0.25) is 19.2 Å². The Labute approximate surface area is 342 Å².